The third-order valence-corrected chi connectivity index (χ3v) is 4.91. The van der Waals surface area contributed by atoms with Crippen LogP contribution in [0.15, 0.2) is 47.8 Å². The largest absolute Gasteiger partial charge is 0.449 e. The summed E-state index contributed by atoms with van der Waals surface area (Å²) >= 11 is 1.12. The third-order valence-electron chi connectivity index (χ3n) is 4.15. The number of anilines is 1. The van der Waals surface area contributed by atoms with E-state index in [1.807, 2.05) is 0 Å². The lowest BCUT2D eigenvalue weighted by atomic mass is 10.1. The van der Waals surface area contributed by atoms with Gasteiger partial charge in [0.1, 0.15) is 5.82 Å². The number of nitro groups is 1. The number of hydrogen-bond donors (Lipinski definition) is 1. The van der Waals surface area contributed by atoms with Gasteiger partial charge in [0, 0.05) is 23.1 Å². The Hall–Kier alpha value is -3.66. The summed E-state index contributed by atoms with van der Waals surface area (Å²) in [5, 5.41) is 15.3. The first-order valence-electron chi connectivity index (χ1n) is 8.73. The molecule has 2 aromatic carbocycles. The molecule has 0 radical (unpaired) electrons. The van der Waals surface area contributed by atoms with E-state index in [-0.39, 0.29) is 16.4 Å². The van der Waals surface area contributed by atoms with Crippen LogP contribution in [0, 0.1) is 22.9 Å². The molecule has 8 nitrogen and oxygen atoms in total. The molecule has 0 aliphatic heterocycles. The van der Waals surface area contributed by atoms with Crippen molar-refractivity contribution in [1.82, 2.24) is 4.98 Å². The van der Waals surface area contributed by atoms with Crippen LogP contribution in [-0.2, 0) is 9.53 Å². The summed E-state index contributed by atoms with van der Waals surface area (Å²) in [7, 11) is 0. The van der Waals surface area contributed by atoms with Crippen molar-refractivity contribution in [2.45, 2.75) is 20.0 Å². The van der Waals surface area contributed by atoms with E-state index in [1.165, 1.54) is 31.2 Å². The van der Waals surface area contributed by atoms with Gasteiger partial charge in [-0.05, 0) is 31.5 Å². The highest BCUT2D eigenvalue weighted by Gasteiger charge is 2.21. The number of benzene rings is 2. The van der Waals surface area contributed by atoms with Gasteiger partial charge in [0.2, 0.25) is 0 Å². The lowest BCUT2D eigenvalue weighted by molar-refractivity contribution is -0.384. The summed E-state index contributed by atoms with van der Waals surface area (Å²) in [6.07, 6.45) is -1.15. The van der Waals surface area contributed by atoms with Gasteiger partial charge in [-0.2, -0.15) is 0 Å². The minimum Gasteiger partial charge on any atom is -0.449 e. The van der Waals surface area contributed by atoms with E-state index >= 15 is 0 Å². The number of carbonyl (C=O) groups is 2. The number of esters is 1. The number of nitro benzene ring substituents is 1. The maximum atomic E-state index is 13.6. The van der Waals surface area contributed by atoms with E-state index in [0.29, 0.717) is 16.8 Å². The summed E-state index contributed by atoms with van der Waals surface area (Å²) < 4.78 is 18.7. The summed E-state index contributed by atoms with van der Waals surface area (Å²) in [5.74, 6) is -1.98. The molecule has 1 unspecified atom stereocenters. The molecule has 0 saturated heterocycles. The molecule has 0 bridgehead atoms. The number of non-ortho nitro benzene ring substituents is 1. The van der Waals surface area contributed by atoms with Crippen LogP contribution in [0.4, 0.5) is 15.2 Å². The lowest BCUT2D eigenvalue weighted by Crippen LogP contribution is -2.30. The van der Waals surface area contributed by atoms with Crippen molar-refractivity contribution in [2.75, 3.05) is 5.32 Å². The summed E-state index contributed by atoms with van der Waals surface area (Å²) in [4.78, 5) is 39.1. The number of ether oxygens (including phenoxy) is 1. The Morgan fingerprint density at radius 1 is 1.27 bits per heavy atom. The fourth-order valence-corrected chi connectivity index (χ4v) is 3.17. The van der Waals surface area contributed by atoms with Gasteiger partial charge < -0.3 is 4.74 Å². The number of hydrogen-bond acceptors (Lipinski definition) is 7. The second-order valence-corrected chi connectivity index (χ2v) is 7.20. The molecule has 0 fully saturated rings. The number of thiazole rings is 1. The van der Waals surface area contributed by atoms with E-state index in [0.717, 1.165) is 17.4 Å². The van der Waals surface area contributed by atoms with E-state index in [4.69, 9.17) is 4.74 Å². The molecule has 30 heavy (non-hydrogen) atoms. The molecule has 1 heterocycles. The zero-order valence-electron chi connectivity index (χ0n) is 15.9. The van der Waals surface area contributed by atoms with E-state index in [2.05, 4.69) is 10.3 Å². The Morgan fingerprint density at radius 2 is 2.03 bits per heavy atom. The molecule has 1 N–H and O–H groups in total. The van der Waals surface area contributed by atoms with Gasteiger partial charge in [-0.3, -0.25) is 20.2 Å². The molecule has 0 aliphatic rings. The predicted octanol–water partition coefficient (Wildman–Crippen LogP) is 4.35. The highest BCUT2D eigenvalue weighted by molar-refractivity contribution is 7.14. The summed E-state index contributed by atoms with van der Waals surface area (Å²) in [5.41, 5.74) is 1.31. The normalized spacial score (nSPS) is 11.6. The Morgan fingerprint density at radius 3 is 2.73 bits per heavy atom. The van der Waals surface area contributed by atoms with Crippen molar-refractivity contribution in [3.05, 3.63) is 74.9 Å². The zero-order chi connectivity index (χ0) is 21.8. The van der Waals surface area contributed by atoms with Crippen LogP contribution >= 0.6 is 11.3 Å². The van der Waals surface area contributed by atoms with Gasteiger partial charge in [-0.1, -0.05) is 18.2 Å². The molecule has 0 aliphatic carbocycles. The minimum absolute atomic E-state index is 0.0000400. The topological polar surface area (TPSA) is 111 Å². The molecule has 0 saturated carbocycles. The Balaban J connectivity index is 1.64. The third kappa shape index (κ3) is 4.84. The molecular weight excluding hydrogens is 413 g/mol. The standard InChI is InChI=1S/C20H16FN3O5S/c1-11-6-7-14(9-16(11)21)19(26)29-12(2)18(25)23-20-22-17(10-30-20)13-4-3-5-15(8-13)24(27)28/h3-10,12H,1-2H3,(H,22,23,25). The number of rotatable bonds is 6. The smallest absolute Gasteiger partial charge is 0.339 e. The molecule has 1 amide bonds. The summed E-state index contributed by atoms with van der Waals surface area (Å²) in [6.45, 7) is 2.95. The number of nitrogens with zero attached hydrogens (tertiary/aromatic N) is 2. The number of aromatic nitrogens is 1. The number of halogens is 1. The molecule has 1 aromatic heterocycles. The van der Waals surface area contributed by atoms with Gasteiger partial charge in [0.05, 0.1) is 16.2 Å². The Bertz CT molecular complexity index is 1130. The Kier molecular flexibility index (Phi) is 6.17. The first-order chi connectivity index (χ1) is 14.2. The van der Waals surface area contributed by atoms with E-state index in [1.54, 1.807) is 24.4 Å². The molecule has 3 aromatic rings. The maximum Gasteiger partial charge on any atom is 0.339 e. The Labute approximate surface area is 174 Å². The maximum absolute atomic E-state index is 13.6. The summed E-state index contributed by atoms with van der Waals surface area (Å²) in [6, 6.07) is 9.87. The van der Waals surface area contributed by atoms with Crippen LogP contribution in [0.3, 0.4) is 0 Å². The first kappa shape index (κ1) is 21.1. The van der Waals surface area contributed by atoms with Crippen LogP contribution in [-0.4, -0.2) is 27.9 Å². The monoisotopic (exact) mass is 429 g/mol. The predicted molar refractivity (Wildman–Crippen MR) is 109 cm³/mol. The van der Waals surface area contributed by atoms with Gasteiger partial charge in [-0.25, -0.2) is 14.2 Å². The molecule has 1 atom stereocenters. The van der Waals surface area contributed by atoms with Gasteiger partial charge in [0.15, 0.2) is 11.2 Å². The lowest BCUT2D eigenvalue weighted by Gasteiger charge is -2.12. The number of aryl methyl sites for hydroxylation is 1. The van der Waals surface area contributed by atoms with E-state index in [9.17, 15) is 24.1 Å². The average molecular weight is 429 g/mol. The van der Waals surface area contributed by atoms with Crippen molar-refractivity contribution in [3.8, 4) is 11.3 Å². The van der Waals surface area contributed by atoms with Crippen LogP contribution in [0.2, 0.25) is 0 Å². The van der Waals surface area contributed by atoms with Gasteiger partial charge in [0.25, 0.3) is 11.6 Å². The first-order valence-corrected chi connectivity index (χ1v) is 9.61. The van der Waals surface area contributed by atoms with Crippen molar-refractivity contribution < 1.29 is 23.6 Å². The number of amides is 1. The molecule has 154 valence electrons. The quantitative estimate of drug-likeness (QED) is 0.354. The van der Waals surface area contributed by atoms with Gasteiger partial charge >= 0.3 is 5.97 Å². The highest BCUT2D eigenvalue weighted by atomic mass is 32.1. The fraction of sp³-hybridized carbons (Fsp3) is 0.150. The zero-order valence-corrected chi connectivity index (χ0v) is 16.7. The highest BCUT2D eigenvalue weighted by Crippen LogP contribution is 2.27. The number of carbonyl (C=O) groups excluding carboxylic acids is 2. The van der Waals surface area contributed by atoms with E-state index < -0.39 is 28.7 Å². The average Bonchev–Trinajstić information content (AvgIpc) is 3.18. The SMILES string of the molecule is Cc1ccc(C(=O)OC(C)C(=O)Nc2nc(-c3cccc([N+](=O)[O-])c3)cs2)cc1F. The van der Waals surface area contributed by atoms with Crippen LogP contribution in [0.5, 0.6) is 0 Å². The second kappa shape index (κ2) is 8.78. The van der Waals surface area contributed by atoms with Crippen molar-refractivity contribution in [1.29, 1.82) is 0 Å². The van der Waals surface area contributed by atoms with Crippen LogP contribution in [0.25, 0.3) is 11.3 Å². The van der Waals surface area contributed by atoms with Gasteiger partial charge in [-0.15, -0.1) is 11.3 Å². The van der Waals surface area contributed by atoms with Crippen LogP contribution in [0.1, 0.15) is 22.8 Å². The fourth-order valence-electron chi connectivity index (χ4n) is 2.45. The molecule has 3 rings (SSSR count). The second-order valence-electron chi connectivity index (χ2n) is 6.35. The van der Waals surface area contributed by atoms with Crippen molar-refractivity contribution in [2.24, 2.45) is 0 Å². The molecule has 0 spiro atoms. The molecular formula is C20H16FN3O5S. The van der Waals surface area contributed by atoms with Crippen LogP contribution < -0.4 is 5.32 Å². The molecule has 10 heteroatoms. The number of nitrogens with one attached hydrogen (secondary N) is 1. The van der Waals surface area contributed by atoms with Crippen molar-refractivity contribution >= 4 is 34.0 Å². The van der Waals surface area contributed by atoms with Crippen molar-refractivity contribution in [3.63, 3.8) is 0 Å². The minimum atomic E-state index is -1.15.